The minimum Gasteiger partial charge on any atom is -0.392 e. The maximum atomic E-state index is 13.8. The Morgan fingerprint density at radius 3 is 2.66 bits per heavy atom. The first kappa shape index (κ1) is 32.4. The van der Waals surface area contributed by atoms with E-state index in [0.717, 1.165) is 57.8 Å². The molecule has 7 heterocycles. The summed E-state index contributed by atoms with van der Waals surface area (Å²) in [5, 5.41) is 13.9. The third-order valence-electron chi connectivity index (χ3n) is 10.7. The Balaban J connectivity index is 1.06. The molecule has 2 aliphatic heterocycles. The Morgan fingerprint density at radius 2 is 1.92 bits per heavy atom. The lowest BCUT2D eigenvalue weighted by Crippen LogP contribution is -2.55. The van der Waals surface area contributed by atoms with Crippen LogP contribution in [0, 0.1) is 5.41 Å². The number of hydrogen-bond acceptors (Lipinski definition) is 9. The van der Waals surface area contributed by atoms with E-state index in [-0.39, 0.29) is 23.1 Å². The second kappa shape index (κ2) is 12.5. The highest BCUT2D eigenvalue weighted by Gasteiger charge is 2.32. The first-order valence-electron chi connectivity index (χ1n) is 17.5. The number of piperazine rings is 1. The molecular formula is C38H44N8O4. The highest BCUT2D eigenvalue weighted by Crippen LogP contribution is 2.37. The van der Waals surface area contributed by atoms with Crippen molar-refractivity contribution in [2.24, 2.45) is 12.5 Å². The molecule has 12 nitrogen and oxygen atoms in total. The van der Waals surface area contributed by atoms with Gasteiger partial charge in [-0.25, -0.2) is 9.97 Å². The zero-order valence-corrected chi connectivity index (χ0v) is 29.1. The number of aliphatic hydroxyl groups excluding tert-OH is 1. The molecule has 0 radical (unpaired) electrons. The van der Waals surface area contributed by atoms with Crippen molar-refractivity contribution in [1.29, 1.82) is 0 Å². The highest BCUT2D eigenvalue weighted by molar-refractivity contribution is 5.73. The van der Waals surface area contributed by atoms with E-state index >= 15 is 0 Å². The molecule has 1 aliphatic carbocycles. The second-order valence-corrected chi connectivity index (χ2v) is 14.8. The summed E-state index contributed by atoms with van der Waals surface area (Å²) >= 11 is 0. The van der Waals surface area contributed by atoms with Crippen LogP contribution in [0.2, 0.25) is 0 Å². The fraction of sp³-hybridized carbons (Fsp3) is 0.421. The van der Waals surface area contributed by atoms with Crippen LogP contribution >= 0.6 is 0 Å². The van der Waals surface area contributed by atoms with Gasteiger partial charge in [-0.05, 0) is 73.1 Å². The topological polar surface area (TPSA) is 122 Å². The Labute approximate surface area is 290 Å². The number of aryl methyl sites for hydroxylation is 1. The summed E-state index contributed by atoms with van der Waals surface area (Å²) in [7, 11) is 1.69. The van der Waals surface area contributed by atoms with Gasteiger partial charge in [-0.15, -0.1) is 0 Å². The molecule has 3 aliphatic rings. The molecule has 2 saturated heterocycles. The monoisotopic (exact) mass is 676 g/mol. The molecule has 0 amide bonds. The number of hydrogen-bond donors (Lipinski definition) is 2. The third-order valence-corrected chi connectivity index (χ3v) is 10.7. The Morgan fingerprint density at radius 1 is 1.06 bits per heavy atom. The highest BCUT2D eigenvalue weighted by atomic mass is 16.5. The number of rotatable bonds is 7. The van der Waals surface area contributed by atoms with Gasteiger partial charge in [0.15, 0.2) is 0 Å². The van der Waals surface area contributed by atoms with Crippen LogP contribution in [0.25, 0.3) is 22.5 Å². The maximum absolute atomic E-state index is 13.8. The number of nitrogens with one attached hydrogen (secondary N) is 1. The number of fused-ring (bicyclic) bond motifs is 3. The van der Waals surface area contributed by atoms with Crippen LogP contribution in [0.15, 0.2) is 70.9 Å². The van der Waals surface area contributed by atoms with Crippen molar-refractivity contribution in [1.82, 2.24) is 28.4 Å². The van der Waals surface area contributed by atoms with Gasteiger partial charge >= 0.3 is 0 Å². The van der Waals surface area contributed by atoms with Gasteiger partial charge < -0.3 is 29.0 Å². The molecule has 5 aromatic rings. The van der Waals surface area contributed by atoms with E-state index < -0.39 is 0 Å². The van der Waals surface area contributed by atoms with Crippen molar-refractivity contribution in [3.63, 3.8) is 0 Å². The van der Waals surface area contributed by atoms with E-state index in [1.807, 2.05) is 35.0 Å². The van der Waals surface area contributed by atoms with Gasteiger partial charge in [0.1, 0.15) is 22.8 Å². The minimum absolute atomic E-state index is 0.170. The van der Waals surface area contributed by atoms with E-state index in [0.29, 0.717) is 51.6 Å². The molecule has 0 saturated carbocycles. The molecular weight excluding hydrogens is 632 g/mol. The Kier molecular flexibility index (Phi) is 8.12. The summed E-state index contributed by atoms with van der Waals surface area (Å²) in [4.78, 5) is 41.3. The number of nitrogens with zero attached hydrogens (tertiary/aromatic N) is 7. The number of ether oxygens (including phenoxy) is 1. The normalized spacial score (nSPS) is 20.5. The average Bonchev–Trinajstić information content (AvgIpc) is 3.83. The lowest BCUT2D eigenvalue weighted by Gasteiger charge is -2.43. The fourth-order valence-corrected chi connectivity index (χ4v) is 8.17. The number of aromatic nitrogens is 5. The third kappa shape index (κ3) is 5.70. The smallest absolute Gasteiger partial charge is 0.280 e. The summed E-state index contributed by atoms with van der Waals surface area (Å²) in [6.07, 6.45) is 11.8. The molecule has 0 aromatic carbocycles. The van der Waals surface area contributed by atoms with E-state index in [4.69, 9.17) is 4.74 Å². The predicted molar refractivity (Wildman–Crippen MR) is 194 cm³/mol. The molecule has 12 heteroatoms. The van der Waals surface area contributed by atoms with Gasteiger partial charge in [0, 0.05) is 87.0 Å². The van der Waals surface area contributed by atoms with Crippen LogP contribution in [0.3, 0.4) is 0 Å². The molecule has 0 spiro atoms. The van der Waals surface area contributed by atoms with Gasteiger partial charge in [-0.3, -0.25) is 19.1 Å². The van der Waals surface area contributed by atoms with Crippen LogP contribution in [-0.4, -0.2) is 78.4 Å². The molecule has 260 valence electrons. The van der Waals surface area contributed by atoms with Crippen molar-refractivity contribution < 1.29 is 9.84 Å². The van der Waals surface area contributed by atoms with E-state index in [9.17, 15) is 14.7 Å². The number of aliphatic hydroxyl groups is 1. The Bertz CT molecular complexity index is 2200. The first-order valence-corrected chi connectivity index (χ1v) is 17.5. The van der Waals surface area contributed by atoms with Gasteiger partial charge in [0.05, 0.1) is 25.1 Å². The van der Waals surface area contributed by atoms with Crippen molar-refractivity contribution in [3.05, 3.63) is 98.8 Å². The minimum atomic E-state index is -0.350. The molecule has 2 N–H and O–H groups in total. The van der Waals surface area contributed by atoms with E-state index in [1.54, 1.807) is 37.8 Å². The van der Waals surface area contributed by atoms with Gasteiger partial charge in [-0.1, -0.05) is 13.8 Å². The molecule has 0 bridgehead atoms. The summed E-state index contributed by atoms with van der Waals surface area (Å²) in [5.74, 6) is 0.906. The van der Waals surface area contributed by atoms with Crippen molar-refractivity contribution >= 4 is 22.7 Å². The van der Waals surface area contributed by atoms with E-state index in [1.165, 1.54) is 20.4 Å². The van der Waals surface area contributed by atoms with Gasteiger partial charge in [0.2, 0.25) is 0 Å². The van der Waals surface area contributed by atoms with Crippen LogP contribution < -0.4 is 21.3 Å². The standard InChI is InChI=1S/C38H44N8O4/c1-24-20-43(28-8-14-50-23-28)10-11-44(24)27-5-6-34(40-19-27)41-31-15-26(21-42(4)36(31)48)29-7-9-39-35(30(29)22-47)46-13-12-45-32(37(46)49)16-25-17-38(2,3)18-33(25)45/h5-7,9,12-13,15-16,19,21,24,28,47H,8,10-11,14,17-18,20,22-23H2,1-4H3,(H,40,41)/t24-,28?/m0/s1. The van der Waals surface area contributed by atoms with Gasteiger partial charge in [-0.2, -0.15) is 0 Å². The summed E-state index contributed by atoms with van der Waals surface area (Å²) < 4.78 is 10.6. The lowest BCUT2D eigenvalue weighted by atomic mass is 9.90. The van der Waals surface area contributed by atoms with Crippen molar-refractivity contribution in [2.75, 3.05) is 43.1 Å². The van der Waals surface area contributed by atoms with Crippen molar-refractivity contribution in [2.45, 2.75) is 58.7 Å². The fourth-order valence-electron chi connectivity index (χ4n) is 8.17. The number of pyridine rings is 3. The van der Waals surface area contributed by atoms with Crippen molar-refractivity contribution in [3.8, 4) is 16.9 Å². The van der Waals surface area contributed by atoms with E-state index in [2.05, 4.69) is 45.9 Å². The zero-order chi connectivity index (χ0) is 34.7. The SMILES string of the molecule is C[C@H]1CN(C2CCOC2)CCN1c1ccc(Nc2cc(-c3ccnc(-n4ccn5c6c(cc5c4=O)CC(C)(C)C6)c3CO)cn(C)c2=O)nc1. The molecule has 2 fully saturated rings. The summed E-state index contributed by atoms with van der Waals surface area (Å²) in [6.45, 7) is 11.0. The summed E-state index contributed by atoms with van der Waals surface area (Å²) in [6, 6.07) is 10.3. The van der Waals surface area contributed by atoms with Crippen LogP contribution in [0.5, 0.6) is 0 Å². The number of anilines is 3. The Hall–Kier alpha value is -4.78. The van der Waals surface area contributed by atoms with Crippen LogP contribution in [-0.2, 0) is 31.2 Å². The largest absolute Gasteiger partial charge is 0.392 e. The molecule has 8 rings (SSSR count). The first-order chi connectivity index (χ1) is 24.1. The molecule has 5 aromatic heterocycles. The van der Waals surface area contributed by atoms with Crippen LogP contribution in [0.1, 0.15) is 44.0 Å². The predicted octanol–water partition coefficient (Wildman–Crippen LogP) is 3.91. The lowest BCUT2D eigenvalue weighted by molar-refractivity contribution is 0.129. The zero-order valence-electron chi connectivity index (χ0n) is 29.1. The van der Waals surface area contributed by atoms with Gasteiger partial charge in [0.25, 0.3) is 11.1 Å². The quantitative estimate of drug-likeness (QED) is 0.264. The average molecular weight is 677 g/mol. The molecule has 50 heavy (non-hydrogen) atoms. The van der Waals surface area contributed by atoms with Crippen LogP contribution in [0.4, 0.5) is 17.2 Å². The summed E-state index contributed by atoms with van der Waals surface area (Å²) in [5.41, 5.74) is 5.96. The maximum Gasteiger partial charge on any atom is 0.280 e. The second-order valence-electron chi connectivity index (χ2n) is 14.8. The molecule has 1 unspecified atom stereocenters. The molecule has 2 atom stereocenters.